The van der Waals surface area contributed by atoms with E-state index in [1.165, 1.54) is 64.2 Å². The number of aliphatic hydroxyl groups excluding tert-OH is 2. The SMILES string of the molecule is CCCCCCCCCCCCCCCC(=O)OC(O)CO. The van der Waals surface area contributed by atoms with Crippen LogP contribution < -0.4 is 0 Å². The van der Waals surface area contributed by atoms with Crippen LogP contribution >= 0.6 is 0 Å². The number of hydrogen-bond acceptors (Lipinski definition) is 4. The van der Waals surface area contributed by atoms with Gasteiger partial charge in [0, 0.05) is 6.42 Å². The zero-order valence-electron chi connectivity index (χ0n) is 14.4. The van der Waals surface area contributed by atoms with Crippen LogP contribution in [-0.2, 0) is 9.53 Å². The molecule has 2 N–H and O–H groups in total. The lowest BCUT2D eigenvalue weighted by Gasteiger charge is -2.08. The summed E-state index contributed by atoms with van der Waals surface area (Å²) in [7, 11) is 0. The molecule has 0 fully saturated rings. The average Bonchev–Trinajstić information content (AvgIpc) is 2.51. The lowest BCUT2D eigenvalue weighted by atomic mass is 10.0. The quantitative estimate of drug-likeness (QED) is 0.253. The smallest absolute Gasteiger partial charge is 0.308 e. The monoisotopic (exact) mass is 316 g/mol. The van der Waals surface area contributed by atoms with Crippen LogP contribution in [0, 0.1) is 0 Å². The van der Waals surface area contributed by atoms with E-state index in [4.69, 9.17) is 10.2 Å². The Hall–Kier alpha value is -0.610. The maximum absolute atomic E-state index is 11.2. The molecule has 0 amide bonds. The molecule has 1 unspecified atom stereocenters. The molecular formula is C18H36O4. The summed E-state index contributed by atoms with van der Waals surface area (Å²) in [5.74, 6) is -0.426. The highest BCUT2D eigenvalue weighted by atomic mass is 16.6. The van der Waals surface area contributed by atoms with Crippen LogP contribution in [0.4, 0.5) is 0 Å². The second kappa shape index (κ2) is 16.8. The van der Waals surface area contributed by atoms with E-state index in [1.54, 1.807) is 0 Å². The predicted octanol–water partition coefficient (Wildman–Crippen LogP) is 4.32. The van der Waals surface area contributed by atoms with E-state index in [0.717, 1.165) is 19.3 Å². The van der Waals surface area contributed by atoms with Gasteiger partial charge in [-0.25, -0.2) is 0 Å². The number of carbonyl (C=O) groups is 1. The molecule has 0 rings (SSSR count). The zero-order chi connectivity index (χ0) is 16.5. The second-order valence-corrected chi connectivity index (χ2v) is 6.12. The van der Waals surface area contributed by atoms with Gasteiger partial charge in [-0.3, -0.25) is 4.79 Å². The normalized spacial score (nSPS) is 12.3. The zero-order valence-corrected chi connectivity index (χ0v) is 14.4. The van der Waals surface area contributed by atoms with E-state index >= 15 is 0 Å². The fourth-order valence-corrected chi connectivity index (χ4v) is 2.54. The van der Waals surface area contributed by atoms with Crippen molar-refractivity contribution >= 4 is 5.97 Å². The predicted molar refractivity (Wildman–Crippen MR) is 89.5 cm³/mol. The molecular weight excluding hydrogens is 280 g/mol. The van der Waals surface area contributed by atoms with Gasteiger partial charge < -0.3 is 14.9 Å². The van der Waals surface area contributed by atoms with Crippen molar-refractivity contribution < 1.29 is 19.7 Å². The number of rotatable bonds is 16. The molecule has 22 heavy (non-hydrogen) atoms. The Kier molecular flexibility index (Phi) is 16.3. The van der Waals surface area contributed by atoms with Gasteiger partial charge in [0.2, 0.25) is 6.29 Å². The van der Waals surface area contributed by atoms with Gasteiger partial charge in [-0.2, -0.15) is 0 Å². The van der Waals surface area contributed by atoms with Gasteiger partial charge in [0.15, 0.2) is 0 Å². The van der Waals surface area contributed by atoms with Crippen molar-refractivity contribution in [3.8, 4) is 0 Å². The van der Waals surface area contributed by atoms with E-state index in [2.05, 4.69) is 11.7 Å². The van der Waals surface area contributed by atoms with Crippen molar-refractivity contribution in [1.29, 1.82) is 0 Å². The minimum Gasteiger partial charge on any atom is -0.433 e. The van der Waals surface area contributed by atoms with Crippen LogP contribution in [0.25, 0.3) is 0 Å². The molecule has 0 saturated heterocycles. The van der Waals surface area contributed by atoms with Crippen molar-refractivity contribution in [2.45, 2.75) is 103 Å². The number of carbonyl (C=O) groups excluding carboxylic acids is 1. The Morgan fingerprint density at radius 2 is 1.23 bits per heavy atom. The highest BCUT2D eigenvalue weighted by Crippen LogP contribution is 2.13. The first kappa shape index (κ1) is 21.4. The lowest BCUT2D eigenvalue weighted by molar-refractivity contribution is -0.173. The minimum absolute atomic E-state index is 0.328. The van der Waals surface area contributed by atoms with Crippen LogP contribution in [0.1, 0.15) is 96.8 Å². The van der Waals surface area contributed by atoms with Gasteiger partial charge >= 0.3 is 5.97 Å². The average molecular weight is 316 g/mol. The third-order valence-corrected chi connectivity index (χ3v) is 3.91. The number of unbranched alkanes of at least 4 members (excludes halogenated alkanes) is 12. The first-order valence-electron chi connectivity index (χ1n) is 9.19. The largest absolute Gasteiger partial charge is 0.433 e. The van der Waals surface area contributed by atoms with Gasteiger partial charge in [-0.1, -0.05) is 84.0 Å². The van der Waals surface area contributed by atoms with E-state index in [1.807, 2.05) is 0 Å². The fraction of sp³-hybridized carbons (Fsp3) is 0.944. The van der Waals surface area contributed by atoms with Crippen LogP contribution in [-0.4, -0.2) is 29.1 Å². The van der Waals surface area contributed by atoms with E-state index in [0.29, 0.717) is 6.42 Å². The molecule has 0 aromatic carbocycles. The summed E-state index contributed by atoms with van der Waals surface area (Å²) in [6.45, 7) is 1.71. The minimum atomic E-state index is -1.37. The molecule has 4 heteroatoms. The highest BCUT2D eigenvalue weighted by molar-refractivity contribution is 5.69. The molecule has 0 radical (unpaired) electrons. The van der Waals surface area contributed by atoms with Crippen LogP contribution in [0.5, 0.6) is 0 Å². The maximum Gasteiger partial charge on any atom is 0.308 e. The van der Waals surface area contributed by atoms with Crippen molar-refractivity contribution in [1.82, 2.24) is 0 Å². The Labute approximate surface area is 136 Å². The van der Waals surface area contributed by atoms with Gasteiger partial charge in [0.1, 0.15) is 6.61 Å². The van der Waals surface area contributed by atoms with Crippen molar-refractivity contribution in [2.75, 3.05) is 6.61 Å². The molecule has 0 heterocycles. The maximum atomic E-state index is 11.2. The van der Waals surface area contributed by atoms with Gasteiger partial charge in [-0.05, 0) is 6.42 Å². The van der Waals surface area contributed by atoms with Gasteiger partial charge in [-0.15, -0.1) is 0 Å². The molecule has 0 aromatic heterocycles. The Balaban J connectivity index is 3.12. The standard InChI is InChI=1S/C18H36O4/c1-2-3-4-5-6-7-8-9-10-11-12-13-14-15-17(20)22-18(21)16-19/h18-19,21H,2-16H2,1H3. The highest BCUT2D eigenvalue weighted by Gasteiger charge is 2.08. The van der Waals surface area contributed by atoms with E-state index in [-0.39, 0.29) is 0 Å². The van der Waals surface area contributed by atoms with Gasteiger partial charge in [0.25, 0.3) is 0 Å². The molecule has 0 aliphatic heterocycles. The van der Waals surface area contributed by atoms with Crippen LogP contribution in [0.3, 0.4) is 0 Å². The summed E-state index contributed by atoms with van der Waals surface area (Å²) in [6, 6.07) is 0. The molecule has 1 atom stereocenters. The van der Waals surface area contributed by atoms with Crippen molar-refractivity contribution in [3.05, 3.63) is 0 Å². The molecule has 0 aliphatic carbocycles. The molecule has 0 aromatic rings. The Bertz CT molecular complexity index is 243. The Morgan fingerprint density at radius 3 is 1.64 bits per heavy atom. The molecule has 0 bridgehead atoms. The topological polar surface area (TPSA) is 66.8 Å². The number of hydrogen-bond donors (Lipinski definition) is 2. The summed E-state index contributed by atoms with van der Waals surface area (Å²) in [4.78, 5) is 11.2. The summed E-state index contributed by atoms with van der Waals surface area (Å²) in [5, 5.41) is 17.5. The number of ether oxygens (including phenoxy) is 1. The van der Waals surface area contributed by atoms with E-state index < -0.39 is 18.9 Å². The van der Waals surface area contributed by atoms with Crippen molar-refractivity contribution in [2.24, 2.45) is 0 Å². The van der Waals surface area contributed by atoms with Crippen molar-refractivity contribution in [3.63, 3.8) is 0 Å². The summed E-state index contributed by atoms with van der Waals surface area (Å²) in [6.07, 6.45) is 15.4. The number of esters is 1. The van der Waals surface area contributed by atoms with Crippen LogP contribution in [0.15, 0.2) is 0 Å². The summed E-state index contributed by atoms with van der Waals surface area (Å²) in [5.41, 5.74) is 0. The molecule has 0 aliphatic rings. The third kappa shape index (κ3) is 15.8. The number of aliphatic hydroxyl groups is 2. The molecule has 4 nitrogen and oxygen atoms in total. The second-order valence-electron chi connectivity index (χ2n) is 6.12. The lowest BCUT2D eigenvalue weighted by Crippen LogP contribution is -2.20. The first-order chi connectivity index (χ1) is 10.7. The third-order valence-electron chi connectivity index (χ3n) is 3.91. The Morgan fingerprint density at radius 1 is 0.818 bits per heavy atom. The first-order valence-corrected chi connectivity index (χ1v) is 9.19. The summed E-state index contributed by atoms with van der Waals surface area (Å²) >= 11 is 0. The molecule has 0 spiro atoms. The molecule has 0 saturated carbocycles. The van der Waals surface area contributed by atoms with Gasteiger partial charge in [0.05, 0.1) is 0 Å². The van der Waals surface area contributed by atoms with E-state index in [9.17, 15) is 4.79 Å². The fourth-order valence-electron chi connectivity index (χ4n) is 2.54. The summed E-state index contributed by atoms with van der Waals surface area (Å²) < 4.78 is 4.57. The van der Waals surface area contributed by atoms with Crippen LogP contribution in [0.2, 0.25) is 0 Å². The molecule has 132 valence electrons.